The van der Waals surface area contributed by atoms with Crippen LogP contribution in [0.1, 0.15) is 5.56 Å². The maximum Gasteiger partial charge on any atom is 0.221 e. The average Bonchev–Trinajstić information content (AvgIpc) is 2.46. The van der Waals surface area contributed by atoms with E-state index in [0.717, 1.165) is 33.5 Å². The molecule has 0 aliphatic heterocycles. The van der Waals surface area contributed by atoms with Crippen LogP contribution in [-0.2, 0) is 0 Å². The maximum absolute atomic E-state index is 5.84. The van der Waals surface area contributed by atoms with E-state index in [1.807, 2.05) is 49.4 Å². The Hall–Kier alpha value is -2.62. The van der Waals surface area contributed by atoms with Crippen molar-refractivity contribution in [1.29, 1.82) is 0 Å². The number of rotatable bonds is 2. The Balaban J connectivity index is 2.37. The molecule has 2 aromatic carbocycles. The quantitative estimate of drug-likeness (QED) is 0.773. The van der Waals surface area contributed by atoms with E-state index < -0.39 is 0 Å². The molecule has 0 saturated carbocycles. The molecule has 2 N–H and O–H groups in total. The van der Waals surface area contributed by atoms with Gasteiger partial charge in [0.25, 0.3) is 0 Å². The van der Waals surface area contributed by atoms with Gasteiger partial charge in [0.15, 0.2) is 0 Å². The molecule has 0 radical (unpaired) electrons. The number of fused-ring (bicyclic) bond motifs is 1. The third kappa shape index (κ3) is 2.05. The van der Waals surface area contributed by atoms with Crippen LogP contribution in [0.3, 0.4) is 0 Å². The number of nitrogens with zero attached hydrogens (tertiary/aromatic N) is 2. The number of hydrogen-bond acceptors (Lipinski definition) is 4. The third-order valence-corrected chi connectivity index (χ3v) is 3.27. The number of hydrogen-bond donors (Lipinski definition) is 1. The highest BCUT2D eigenvalue weighted by atomic mass is 16.5. The van der Waals surface area contributed by atoms with Crippen LogP contribution in [0.5, 0.6) is 5.75 Å². The van der Waals surface area contributed by atoms with Gasteiger partial charge in [0.1, 0.15) is 5.75 Å². The SMILES string of the molecule is COc1cc(C)c2c(-c3ccccc3)nc(N)nc2c1. The molecule has 0 bridgehead atoms. The van der Waals surface area contributed by atoms with Crippen molar-refractivity contribution in [3.05, 3.63) is 48.0 Å². The fraction of sp³-hybridized carbons (Fsp3) is 0.125. The molecule has 0 atom stereocenters. The second kappa shape index (κ2) is 4.81. The summed E-state index contributed by atoms with van der Waals surface area (Å²) in [4.78, 5) is 8.73. The molecule has 4 heteroatoms. The fourth-order valence-corrected chi connectivity index (χ4v) is 2.37. The fourth-order valence-electron chi connectivity index (χ4n) is 2.37. The minimum Gasteiger partial charge on any atom is -0.497 e. The monoisotopic (exact) mass is 265 g/mol. The first-order valence-corrected chi connectivity index (χ1v) is 6.36. The summed E-state index contributed by atoms with van der Waals surface area (Å²) in [6, 6.07) is 13.8. The number of ether oxygens (including phenoxy) is 1. The van der Waals surface area contributed by atoms with Gasteiger partial charge in [-0.25, -0.2) is 9.97 Å². The molecule has 1 heterocycles. The molecular weight excluding hydrogens is 250 g/mol. The summed E-state index contributed by atoms with van der Waals surface area (Å²) in [6.45, 7) is 2.02. The van der Waals surface area contributed by atoms with Crippen molar-refractivity contribution >= 4 is 16.9 Å². The normalized spacial score (nSPS) is 10.7. The standard InChI is InChI=1S/C16H15N3O/c1-10-8-12(20-2)9-13-14(10)15(19-16(17)18-13)11-6-4-3-5-7-11/h3-9H,1-2H3,(H2,17,18,19). The zero-order valence-corrected chi connectivity index (χ0v) is 11.4. The smallest absolute Gasteiger partial charge is 0.221 e. The van der Waals surface area contributed by atoms with E-state index in [4.69, 9.17) is 10.5 Å². The summed E-state index contributed by atoms with van der Waals surface area (Å²) in [6.07, 6.45) is 0. The van der Waals surface area contributed by atoms with Gasteiger partial charge < -0.3 is 10.5 Å². The Morgan fingerprint density at radius 3 is 2.50 bits per heavy atom. The highest BCUT2D eigenvalue weighted by molar-refractivity contribution is 5.96. The molecule has 20 heavy (non-hydrogen) atoms. The van der Waals surface area contributed by atoms with Crippen LogP contribution >= 0.6 is 0 Å². The Bertz CT molecular complexity index is 770. The molecule has 3 aromatic rings. The van der Waals surface area contributed by atoms with Crippen molar-refractivity contribution in [2.75, 3.05) is 12.8 Å². The van der Waals surface area contributed by atoms with Gasteiger partial charge in [-0.05, 0) is 18.6 Å². The number of benzene rings is 2. The van der Waals surface area contributed by atoms with Crippen molar-refractivity contribution in [2.45, 2.75) is 6.92 Å². The van der Waals surface area contributed by atoms with E-state index in [-0.39, 0.29) is 5.95 Å². The molecular formula is C16H15N3O. The van der Waals surface area contributed by atoms with Crippen LogP contribution in [0, 0.1) is 6.92 Å². The molecule has 0 fully saturated rings. The molecule has 100 valence electrons. The van der Waals surface area contributed by atoms with E-state index in [9.17, 15) is 0 Å². The Labute approximate surface area is 117 Å². The van der Waals surface area contributed by atoms with Gasteiger partial charge in [-0.1, -0.05) is 30.3 Å². The minimum absolute atomic E-state index is 0.268. The van der Waals surface area contributed by atoms with E-state index in [2.05, 4.69) is 9.97 Å². The molecule has 0 unspecified atom stereocenters. The van der Waals surface area contributed by atoms with E-state index in [0.29, 0.717) is 0 Å². The number of aryl methyl sites for hydroxylation is 1. The predicted molar refractivity (Wildman–Crippen MR) is 80.7 cm³/mol. The topological polar surface area (TPSA) is 61.0 Å². The van der Waals surface area contributed by atoms with Crippen molar-refractivity contribution in [1.82, 2.24) is 9.97 Å². The number of aromatic nitrogens is 2. The molecule has 4 nitrogen and oxygen atoms in total. The first-order chi connectivity index (χ1) is 9.69. The van der Waals surface area contributed by atoms with Gasteiger partial charge in [-0.3, -0.25) is 0 Å². The van der Waals surface area contributed by atoms with Gasteiger partial charge >= 0.3 is 0 Å². The van der Waals surface area contributed by atoms with Crippen LogP contribution in [0.25, 0.3) is 22.2 Å². The lowest BCUT2D eigenvalue weighted by Gasteiger charge is -2.11. The van der Waals surface area contributed by atoms with Crippen LogP contribution in [0.15, 0.2) is 42.5 Å². The highest BCUT2D eigenvalue weighted by Gasteiger charge is 2.12. The molecule has 0 spiro atoms. The van der Waals surface area contributed by atoms with Gasteiger partial charge in [-0.15, -0.1) is 0 Å². The lowest BCUT2D eigenvalue weighted by molar-refractivity contribution is 0.415. The summed E-state index contributed by atoms with van der Waals surface area (Å²) in [7, 11) is 1.64. The van der Waals surface area contributed by atoms with E-state index in [1.54, 1.807) is 7.11 Å². The van der Waals surface area contributed by atoms with Gasteiger partial charge in [-0.2, -0.15) is 0 Å². The zero-order chi connectivity index (χ0) is 14.1. The van der Waals surface area contributed by atoms with Crippen molar-refractivity contribution in [3.8, 4) is 17.0 Å². The first kappa shape index (κ1) is 12.4. The molecule has 0 aliphatic carbocycles. The second-order valence-electron chi connectivity index (χ2n) is 4.63. The zero-order valence-electron chi connectivity index (χ0n) is 11.4. The second-order valence-corrected chi connectivity index (χ2v) is 4.63. The highest BCUT2D eigenvalue weighted by Crippen LogP contribution is 2.31. The lowest BCUT2D eigenvalue weighted by Crippen LogP contribution is -1.99. The summed E-state index contributed by atoms with van der Waals surface area (Å²) >= 11 is 0. The summed E-state index contributed by atoms with van der Waals surface area (Å²) < 4.78 is 5.29. The summed E-state index contributed by atoms with van der Waals surface area (Å²) in [5, 5.41) is 1.01. The van der Waals surface area contributed by atoms with E-state index >= 15 is 0 Å². The first-order valence-electron chi connectivity index (χ1n) is 6.36. The predicted octanol–water partition coefficient (Wildman–Crippen LogP) is 3.20. The number of anilines is 1. The van der Waals surface area contributed by atoms with Crippen LogP contribution in [0.4, 0.5) is 5.95 Å². The van der Waals surface area contributed by atoms with Crippen molar-refractivity contribution in [2.24, 2.45) is 0 Å². The molecule has 0 aliphatic rings. The number of nitrogens with two attached hydrogens (primary N) is 1. The minimum atomic E-state index is 0.268. The molecule has 1 aromatic heterocycles. The van der Waals surface area contributed by atoms with Gasteiger partial charge in [0, 0.05) is 17.0 Å². The van der Waals surface area contributed by atoms with Gasteiger partial charge in [0.05, 0.1) is 18.3 Å². The largest absolute Gasteiger partial charge is 0.497 e. The third-order valence-electron chi connectivity index (χ3n) is 3.27. The number of methoxy groups -OCH3 is 1. The van der Waals surface area contributed by atoms with Crippen LogP contribution in [0.2, 0.25) is 0 Å². The van der Waals surface area contributed by atoms with Crippen molar-refractivity contribution in [3.63, 3.8) is 0 Å². The Kier molecular flexibility index (Phi) is 2.99. The maximum atomic E-state index is 5.84. The molecule has 0 saturated heterocycles. The Morgan fingerprint density at radius 2 is 1.80 bits per heavy atom. The van der Waals surface area contributed by atoms with Gasteiger partial charge in [0.2, 0.25) is 5.95 Å². The lowest BCUT2D eigenvalue weighted by atomic mass is 10.0. The average molecular weight is 265 g/mol. The van der Waals surface area contributed by atoms with E-state index in [1.165, 1.54) is 0 Å². The van der Waals surface area contributed by atoms with Crippen LogP contribution < -0.4 is 10.5 Å². The van der Waals surface area contributed by atoms with Crippen LogP contribution in [-0.4, -0.2) is 17.1 Å². The molecule has 0 amide bonds. The molecule has 3 rings (SSSR count). The Morgan fingerprint density at radius 1 is 1.05 bits per heavy atom. The summed E-state index contributed by atoms with van der Waals surface area (Å²) in [5.41, 5.74) is 9.59. The van der Waals surface area contributed by atoms with Crippen molar-refractivity contribution < 1.29 is 4.74 Å². The summed E-state index contributed by atoms with van der Waals surface area (Å²) in [5.74, 6) is 1.04. The number of nitrogen functional groups attached to an aromatic ring is 1.